The number of hydrogen-bond donors (Lipinski definition) is 1. The summed E-state index contributed by atoms with van der Waals surface area (Å²) in [5, 5.41) is 17.8. The molecule has 4 nitrogen and oxygen atoms in total. The van der Waals surface area contributed by atoms with E-state index in [4.69, 9.17) is 10.4 Å². The third kappa shape index (κ3) is 2.01. The fourth-order valence-electron chi connectivity index (χ4n) is 1.10. The van der Waals surface area contributed by atoms with Crippen molar-refractivity contribution in [3.05, 3.63) is 23.9 Å². The molecular weight excluding hydrogens is 178 g/mol. The summed E-state index contributed by atoms with van der Waals surface area (Å²) in [5.74, 6) is 0.608. The molecule has 0 saturated heterocycles. The summed E-state index contributed by atoms with van der Waals surface area (Å²) in [5.41, 5.74) is 0.523. The van der Waals surface area contributed by atoms with Gasteiger partial charge in [0.1, 0.15) is 11.9 Å². The number of hydrogen-bond acceptors (Lipinski definition) is 4. The number of aliphatic hydroxyl groups is 1. The quantitative estimate of drug-likeness (QED) is 0.766. The zero-order chi connectivity index (χ0) is 10.6. The molecule has 1 rings (SSSR count). The molecule has 1 N–H and O–H groups in total. The van der Waals surface area contributed by atoms with Crippen LogP contribution in [0.25, 0.3) is 0 Å². The minimum Gasteiger partial charge on any atom is -0.394 e. The highest BCUT2D eigenvalue weighted by Gasteiger charge is 2.13. The molecule has 0 saturated carbocycles. The standard InChI is InChI=1S/C10H13N3O/c1-8(7-14)13(2)10-9(6-11)4-3-5-12-10/h3-5,8,14H,7H2,1-2H3. The SMILES string of the molecule is CC(CO)N(C)c1ncccc1C#N. The maximum atomic E-state index is 8.98. The van der Waals surface area contributed by atoms with Crippen LogP contribution in [0.1, 0.15) is 12.5 Å². The number of pyridine rings is 1. The van der Waals surface area contributed by atoms with E-state index in [2.05, 4.69) is 11.1 Å². The van der Waals surface area contributed by atoms with Crippen LogP contribution in [0.15, 0.2) is 18.3 Å². The topological polar surface area (TPSA) is 60.1 Å². The molecule has 14 heavy (non-hydrogen) atoms. The van der Waals surface area contributed by atoms with Crippen LogP contribution in [0.2, 0.25) is 0 Å². The van der Waals surface area contributed by atoms with Gasteiger partial charge in [-0.1, -0.05) is 0 Å². The lowest BCUT2D eigenvalue weighted by Gasteiger charge is -2.24. The van der Waals surface area contributed by atoms with Crippen molar-refractivity contribution in [3.63, 3.8) is 0 Å². The number of rotatable bonds is 3. The fourth-order valence-corrected chi connectivity index (χ4v) is 1.10. The number of nitrogens with zero attached hydrogens (tertiary/aromatic N) is 3. The summed E-state index contributed by atoms with van der Waals surface area (Å²) in [6, 6.07) is 5.46. The van der Waals surface area contributed by atoms with Gasteiger partial charge in [-0.15, -0.1) is 0 Å². The second-order valence-electron chi connectivity index (χ2n) is 3.13. The van der Waals surface area contributed by atoms with Gasteiger partial charge in [0.15, 0.2) is 0 Å². The van der Waals surface area contributed by atoms with Gasteiger partial charge < -0.3 is 10.0 Å². The van der Waals surface area contributed by atoms with Gasteiger partial charge in [0, 0.05) is 13.2 Å². The van der Waals surface area contributed by atoms with E-state index in [1.54, 1.807) is 23.2 Å². The number of nitriles is 1. The van der Waals surface area contributed by atoms with E-state index < -0.39 is 0 Å². The zero-order valence-corrected chi connectivity index (χ0v) is 8.31. The van der Waals surface area contributed by atoms with E-state index in [1.807, 2.05) is 14.0 Å². The molecule has 1 aromatic rings. The fraction of sp³-hybridized carbons (Fsp3) is 0.400. The summed E-state index contributed by atoms with van der Waals surface area (Å²) in [4.78, 5) is 5.90. The van der Waals surface area contributed by atoms with E-state index in [-0.39, 0.29) is 12.6 Å². The maximum Gasteiger partial charge on any atom is 0.146 e. The Morgan fingerprint density at radius 1 is 1.71 bits per heavy atom. The lowest BCUT2D eigenvalue weighted by Crippen LogP contribution is -2.33. The van der Waals surface area contributed by atoms with Gasteiger partial charge in [-0.2, -0.15) is 5.26 Å². The van der Waals surface area contributed by atoms with E-state index in [1.165, 1.54) is 0 Å². The first-order chi connectivity index (χ1) is 6.70. The third-order valence-corrected chi connectivity index (χ3v) is 2.17. The molecule has 0 radical (unpaired) electrons. The number of likely N-dealkylation sites (N-methyl/N-ethyl adjacent to an activating group) is 1. The molecule has 0 aliphatic rings. The van der Waals surface area contributed by atoms with Crippen LogP contribution in [-0.4, -0.2) is 29.8 Å². The predicted molar refractivity (Wildman–Crippen MR) is 53.9 cm³/mol. The van der Waals surface area contributed by atoms with Crippen molar-refractivity contribution in [2.45, 2.75) is 13.0 Å². The van der Waals surface area contributed by atoms with Gasteiger partial charge in [-0.25, -0.2) is 4.98 Å². The van der Waals surface area contributed by atoms with Gasteiger partial charge in [-0.05, 0) is 19.1 Å². The van der Waals surface area contributed by atoms with Crippen molar-refractivity contribution < 1.29 is 5.11 Å². The van der Waals surface area contributed by atoms with E-state index in [9.17, 15) is 0 Å². The molecule has 1 aromatic heterocycles. The first-order valence-corrected chi connectivity index (χ1v) is 4.39. The molecule has 0 amide bonds. The second kappa shape index (κ2) is 4.58. The highest BCUT2D eigenvalue weighted by Crippen LogP contribution is 2.16. The van der Waals surface area contributed by atoms with E-state index in [0.717, 1.165) is 0 Å². The van der Waals surface area contributed by atoms with Crippen LogP contribution >= 0.6 is 0 Å². The van der Waals surface area contributed by atoms with Gasteiger partial charge >= 0.3 is 0 Å². The predicted octanol–water partition coefficient (Wildman–Crippen LogP) is 0.770. The van der Waals surface area contributed by atoms with Crippen molar-refractivity contribution in [3.8, 4) is 6.07 Å². The lowest BCUT2D eigenvalue weighted by atomic mass is 10.2. The molecule has 1 unspecified atom stereocenters. The molecule has 0 bridgehead atoms. The number of aliphatic hydroxyl groups excluding tert-OH is 1. The highest BCUT2D eigenvalue weighted by molar-refractivity contribution is 5.53. The minimum atomic E-state index is -0.0444. The minimum absolute atomic E-state index is 0.0396. The Bertz CT molecular complexity index is 345. The Hall–Kier alpha value is -1.60. The molecule has 0 aliphatic heterocycles. The van der Waals surface area contributed by atoms with Crippen molar-refractivity contribution in [2.24, 2.45) is 0 Å². The Balaban J connectivity index is 3.01. The normalized spacial score (nSPS) is 11.9. The molecular formula is C10H13N3O. The molecule has 74 valence electrons. The van der Waals surface area contributed by atoms with Crippen molar-refractivity contribution in [1.29, 1.82) is 5.26 Å². The summed E-state index contributed by atoms with van der Waals surface area (Å²) in [7, 11) is 1.81. The van der Waals surface area contributed by atoms with Gasteiger partial charge in [0.2, 0.25) is 0 Å². The van der Waals surface area contributed by atoms with Crippen LogP contribution in [0.3, 0.4) is 0 Å². The van der Waals surface area contributed by atoms with Crippen molar-refractivity contribution >= 4 is 5.82 Å². The molecule has 1 atom stereocenters. The average molecular weight is 191 g/mol. The number of aromatic nitrogens is 1. The van der Waals surface area contributed by atoms with E-state index in [0.29, 0.717) is 11.4 Å². The molecule has 0 spiro atoms. The Morgan fingerprint density at radius 3 is 3.00 bits per heavy atom. The molecule has 0 fully saturated rings. The van der Waals surface area contributed by atoms with Gasteiger partial charge in [-0.3, -0.25) is 0 Å². The summed E-state index contributed by atoms with van der Waals surface area (Å²) >= 11 is 0. The summed E-state index contributed by atoms with van der Waals surface area (Å²) in [6.45, 7) is 1.91. The first-order valence-electron chi connectivity index (χ1n) is 4.39. The third-order valence-electron chi connectivity index (χ3n) is 2.17. The summed E-state index contributed by atoms with van der Waals surface area (Å²) < 4.78 is 0. The van der Waals surface area contributed by atoms with Gasteiger partial charge in [0.05, 0.1) is 18.2 Å². The van der Waals surface area contributed by atoms with Crippen LogP contribution in [0, 0.1) is 11.3 Å². The maximum absolute atomic E-state index is 8.98. The van der Waals surface area contributed by atoms with Crippen LogP contribution in [-0.2, 0) is 0 Å². The Kier molecular flexibility index (Phi) is 3.43. The highest BCUT2D eigenvalue weighted by atomic mass is 16.3. The Labute approximate surface area is 83.4 Å². The van der Waals surface area contributed by atoms with Crippen LogP contribution in [0.5, 0.6) is 0 Å². The van der Waals surface area contributed by atoms with Crippen molar-refractivity contribution in [1.82, 2.24) is 4.98 Å². The molecule has 4 heteroatoms. The second-order valence-corrected chi connectivity index (χ2v) is 3.13. The van der Waals surface area contributed by atoms with Crippen LogP contribution < -0.4 is 4.90 Å². The zero-order valence-electron chi connectivity index (χ0n) is 8.31. The lowest BCUT2D eigenvalue weighted by molar-refractivity contribution is 0.270. The van der Waals surface area contributed by atoms with Gasteiger partial charge in [0.25, 0.3) is 0 Å². The first kappa shape index (κ1) is 10.5. The molecule has 0 aliphatic carbocycles. The largest absolute Gasteiger partial charge is 0.394 e. The van der Waals surface area contributed by atoms with E-state index >= 15 is 0 Å². The van der Waals surface area contributed by atoms with Crippen LogP contribution in [0.4, 0.5) is 5.82 Å². The number of anilines is 1. The van der Waals surface area contributed by atoms with Crippen molar-refractivity contribution in [2.75, 3.05) is 18.6 Å². The summed E-state index contributed by atoms with van der Waals surface area (Å²) in [6.07, 6.45) is 1.64. The molecule has 0 aromatic carbocycles. The smallest absolute Gasteiger partial charge is 0.146 e. The monoisotopic (exact) mass is 191 g/mol. The average Bonchev–Trinajstić information content (AvgIpc) is 2.26. The molecule has 1 heterocycles. The Morgan fingerprint density at radius 2 is 2.43 bits per heavy atom.